The molecule has 0 bridgehead atoms. The van der Waals surface area contributed by atoms with Gasteiger partial charge in [-0.3, -0.25) is 4.72 Å². The molecule has 0 radical (unpaired) electrons. The summed E-state index contributed by atoms with van der Waals surface area (Å²) in [4.78, 5) is 0. The molecule has 0 heterocycles. The van der Waals surface area contributed by atoms with Gasteiger partial charge in [-0.05, 0) is 49.8 Å². The molecule has 2 rings (SSSR count). The molecule has 0 spiro atoms. The summed E-state index contributed by atoms with van der Waals surface area (Å²) in [5, 5.41) is 4.04. The Morgan fingerprint density at radius 2 is 1.85 bits per heavy atom. The van der Waals surface area contributed by atoms with E-state index in [0.29, 0.717) is 16.8 Å². The zero-order valence-corrected chi connectivity index (χ0v) is 13.4. The molecule has 1 saturated carbocycles. The molecule has 2 N–H and O–H groups in total. The number of anilines is 2. The van der Waals surface area contributed by atoms with Gasteiger partial charge in [-0.25, -0.2) is 8.42 Å². The predicted molar refractivity (Wildman–Crippen MR) is 85.0 cm³/mol. The Morgan fingerprint density at radius 1 is 1.20 bits per heavy atom. The first-order chi connectivity index (χ1) is 9.33. The van der Waals surface area contributed by atoms with Crippen LogP contribution in [0.2, 0.25) is 5.02 Å². The molecule has 0 unspecified atom stereocenters. The van der Waals surface area contributed by atoms with Gasteiger partial charge < -0.3 is 5.32 Å². The first-order valence-corrected chi connectivity index (χ1v) is 9.14. The van der Waals surface area contributed by atoms with Crippen molar-refractivity contribution in [3.05, 3.63) is 23.2 Å². The zero-order chi connectivity index (χ0) is 14.8. The summed E-state index contributed by atoms with van der Waals surface area (Å²) < 4.78 is 25.0. The van der Waals surface area contributed by atoms with Crippen LogP contribution in [0.1, 0.15) is 32.6 Å². The average Bonchev–Trinajstić information content (AvgIpc) is 2.34. The molecule has 1 aromatic carbocycles. The zero-order valence-electron chi connectivity index (χ0n) is 11.8. The number of rotatable bonds is 4. The van der Waals surface area contributed by atoms with E-state index in [1.807, 2.05) is 0 Å². The molecule has 4 nitrogen and oxygen atoms in total. The van der Waals surface area contributed by atoms with E-state index >= 15 is 0 Å². The number of benzene rings is 1. The van der Waals surface area contributed by atoms with Gasteiger partial charge in [-0.2, -0.15) is 0 Å². The molecule has 0 atom stereocenters. The summed E-state index contributed by atoms with van der Waals surface area (Å²) in [6.07, 6.45) is 5.83. The van der Waals surface area contributed by atoms with Crippen molar-refractivity contribution in [1.29, 1.82) is 0 Å². The van der Waals surface area contributed by atoms with Crippen LogP contribution in [0.4, 0.5) is 11.4 Å². The molecular weight excluding hydrogens is 296 g/mol. The molecule has 1 aliphatic carbocycles. The normalized spacial score (nSPS) is 23.4. The summed E-state index contributed by atoms with van der Waals surface area (Å²) in [5.74, 6) is 0.793. The number of hydrogen-bond donors (Lipinski definition) is 2. The van der Waals surface area contributed by atoms with E-state index < -0.39 is 10.0 Å². The molecular formula is C14H21ClN2O2S. The van der Waals surface area contributed by atoms with E-state index in [9.17, 15) is 8.42 Å². The first-order valence-electron chi connectivity index (χ1n) is 6.87. The third kappa shape index (κ3) is 4.56. The maximum Gasteiger partial charge on any atom is 0.229 e. The summed E-state index contributed by atoms with van der Waals surface area (Å²) >= 11 is 6.18. The highest BCUT2D eigenvalue weighted by Gasteiger charge is 2.18. The molecule has 0 aliphatic heterocycles. The topological polar surface area (TPSA) is 58.2 Å². The van der Waals surface area contributed by atoms with E-state index in [0.717, 1.165) is 30.7 Å². The Balaban J connectivity index is 2.08. The van der Waals surface area contributed by atoms with E-state index in [1.165, 1.54) is 12.8 Å². The second kappa shape index (κ2) is 6.22. The lowest BCUT2D eigenvalue weighted by atomic mass is 9.87. The maximum atomic E-state index is 11.3. The van der Waals surface area contributed by atoms with Crippen LogP contribution in [0.15, 0.2) is 18.2 Å². The first kappa shape index (κ1) is 15.4. The largest absolute Gasteiger partial charge is 0.381 e. The third-order valence-corrected chi connectivity index (χ3v) is 4.58. The Bertz CT molecular complexity index is 567. The van der Waals surface area contributed by atoms with Crippen molar-refractivity contribution in [3.63, 3.8) is 0 Å². The van der Waals surface area contributed by atoms with Gasteiger partial charge in [-0.15, -0.1) is 0 Å². The van der Waals surface area contributed by atoms with Gasteiger partial charge in [0, 0.05) is 6.04 Å². The minimum Gasteiger partial charge on any atom is -0.381 e. The van der Waals surface area contributed by atoms with E-state index in [-0.39, 0.29) is 0 Å². The fourth-order valence-electron chi connectivity index (χ4n) is 2.54. The van der Waals surface area contributed by atoms with Crippen LogP contribution in [-0.4, -0.2) is 20.7 Å². The summed E-state index contributed by atoms with van der Waals surface area (Å²) in [6, 6.07) is 5.54. The highest BCUT2D eigenvalue weighted by Crippen LogP contribution is 2.30. The molecule has 112 valence electrons. The van der Waals surface area contributed by atoms with Crippen molar-refractivity contribution < 1.29 is 8.42 Å². The Labute approximate surface area is 126 Å². The lowest BCUT2D eigenvalue weighted by Gasteiger charge is -2.28. The van der Waals surface area contributed by atoms with Crippen molar-refractivity contribution in [1.82, 2.24) is 0 Å². The van der Waals surface area contributed by atoms with E-state index in [1.54, 1.807) is 18.2 Å². The average molecular weight is 317 g/mol. The second-order valence-corrected chi connectivity index (χ2v) is 7.83. The molecule has 0 aromatic heterocycles. The van der Waals surface area contributed by atoms with Crippen molar-refractivity contribution in [2.24, 2.45) is 5.92 Å². The van der Waals surface area contributed by atoms with Gasteiger partial charge in [-0.1, -0.05) is 18.5 Å². The number of nitrogens with one attached hydrogen (secondary N) is 2. The van der Waals surface area contributed by atoms with Crippen LogP contribution in [0.5, 0.6) is 0 Å². The molecule has 0 saturated heterocycles. The minimum absolute atomic E-state index is 0.414. The van der Waals surface area contributed by atoms with Crippen LogP contribution in [-0.2, 0) is 10.0 Å². The minimum atomic E-state index is -3.27. The molecule has 1 fully saturated rings. The van der Waals surface area contributed by atoms with Gasteiger partial charge in [0.1, 0.15) is 0 Å². The van der Waals surface area contributed by atoms with Gasteiger partial charge in [0.15, 0.2) is 0 Å². The van der Waals surface area contributed by atoms with Gasteiger partial charge >= 0.3 is 0 Å². The lowest BCUT2D eigenvalue weighted by Crippen LogP contribution is -2.25. The van der Waals surface area contributed by atoms with Crippen LogP contribution in [0.25, 0.3) is 0 Å². The number of hydrogen-bond acceptors (Lipinski definition) is 3. The monoisotopic (exact) mass is 316 g/mol. The van der Waals surface area contributed by atoms with Gasteiger partial charge in [0.2, 0.25) is 10.0 Å². The molecule has 0 amide bonds. The summed E-state index contributed by atoms with van der Waals surface area (Å²) in [7, 11) is -3.27. The fourth-order valence-corrected chi connectivity index (χ4v) is 3.27. The smallest absolute Gasteiger partial charge is 0.229 e. The van der Waals surface area contributed by atoms with E-state index in [4.69, 9.17) is 11.6 Å². The van der Waals surface area contributed by atoms with Crippen LogP contribution >= 0.6 is 11.6 Å². The third-order valence-electron chi connectivity index (χ3n) is 3.65. The Kier molecular flexibility index (Phi) is 4.81. The van der Waals surface area contributed by atoms with Crippen molar-refractivity contribution in [2.75, 3.05) is 16.3 Å². The SMILES string of the molecule is CC1CCC(Nc2cc(NS(C)(=O)=O)ccc2Cl)CC1. The predicted octanol–water partition coefficient (Wildman–Crippen LogP) is 3.70. The lowest BCUT2D eigenvalue weighted by molar-refractivity contribution is 0.361. The van der Waals surface area contributed by atoms with Crippen molar-refractivity contribution >= 4 is 33.0 Å². The van der Waals surface area contributed by atoms with Crippen LogP contribution < -0.4 is 10.0 Å². The second-order valence-electron chi connectivity index (χ2n) is 5.67. The van der Waals surface area contributed by atoms with Crippen LogP contribution in [0, 0.1) is 5.92 Å². The van der Waals surface area contributed by atoms with Crippen molar-refractivity contribution in [3.8, 4) is 0 Å². The Morgan fingerprint density at radius 3 is 2.45 bits per heavy atom. The number of sulfonamides is 1. The summed E-state index contributed by atoms with van der Waals surface area (Å²) in [5.41, 5.74) is 1.32. The number of halogens is 1. The Hall–Kier alpha value is -0.940. The quantitative estimate of drug-likeness (QED) is 0.890. The molecule has 20 heavy (non-hydrogen) atoms. The fraction of sp³-hybridized carbons (Fsp3) is 0.571. The molecule has 6 heteroatoms. The van der Waals surface area contributed by atoms with Crippen molar-refractivity contribution in [2.45, 2.75) is 38.6 Å². The highest BCUT2D eigenvalue weighted by atomic mass is 35.5. The van der Waals surface area contributed by atoms with Crippen LogP contribution in [0.3, 0.4) is 0 Å². The van der Waals surface area contributed by atoms with E-state index in [2.05, 4.69) is 17.0 Å². The molecule has 1 aromatic rings. The molecule has 1 aliphatic rings. The van der Waals surface area contributed by atoms with Gasteiger partial charge in [0.05, 0.1) is 22.7 Å². The maximum absolute atomic E-state index is 11.3. The highest BCUT2D eigenvalue weighted by molar-refractivity contribution is 7.92. The van der Waals surface area contributed by atoms with Gasteiger partial charge in [0.25, 0.3) is 0 Å². The standard InChI is InChI=1S/C14H21ClN2O2S/c1-10-3-5-11(6-4-10)16-14-9-12(7-8-13(14)15)17-20(2,18)19/h7-11,16-17H,3-6H2,1-2H3. The summed E-state index contributed by atoms with van der Waals surface area (Å²) in [6.45, 7) is 2.28.